The molecule has 6 heteroatoms. The number of carbonyl (C=O) groups excluding carboxylic acids is 1. The van der Waals surface area contributed by atoms with Crippen LogP contribution in [0.4, 0.5) is 15.2 Å². The van der Waals surface area contributed by atoms with Crippen molar-refractivity contribution in [2.75, 3.05) is 24.3 Å². The van der Waals surface area contributed by atoms with Crippen molar-refractivity contribution in [2.45, 2.75) is 0 Å². The Hall–Kier alpha value is -2.47. The first-order chi connectivity index (χ1) is 10.5. The molecular weight excluding hydrogens is 301 g/mol. The van der Waals surface area contributed by atoms with Gasteiger partial charge in [-0.25, -0.2) is 9.37 Å². The second kappa shape index (κ2) is 5.73. The summed E-state index contributed by atoms with van der Waals surface area (Å²) in [5.41, 5.74) is 1.52. The summed E-state index contributed by atoms with van der Waals surface area (Å²) in [5.74, 6) is -1.05. The molecule has 3 rings (SSSR count). The van der Waals surface area contributed by atoms with E-state index in [-0.39, 0.29) is 5.56 Å². The lowest BCUT2D eigenvalue weighted by atomic mass is 10.1. The van der Waals surface area contributed by atoms with E-state index < -0.39 is 11.7 Å². The van der Waals surface area contributed by atoms with Gasteiger partial charge in [-0.15, -0.1) is 0 Å². The Balaban J connectivity index is 1.85. The minimum atomic E-state index is -0.551. The van der Waals surface area contributed by atoms with Crippen LogP contribution in [0.5, 0.6) is 0 Å². The third-order valence-electron chi connectivity index (χ3n) is 3.23. The SMILES string of the molecule is CN(C)c1ccc(C(=O)Nc2nc3ccccc3s2)c(F)c1. The number of halogens is 1. The van der Waals surface area contributed by atoms with Crippen molar-refractivity contribution in [3.05, 3.63) is 53.8 Å². The second-order valence-corrected chi connectivity index (χ2v) is 6.03. The van der Waals surface area contributed by atoms with E-state index in [1.807, 2.05) is 38.4 Å². The van der Waals surface area contributed by atoms with E-state index in [0.717, 1.165) is 10.2 Å². The molecule has 1 heterocycles. The zero-order valence-corrected chi connectivity index (χ0v) is 12.9. The lowest BCUT2D eigenvalue weighted by Crippen LogP contribution is -2.15. The van der Waals surface area contributed by atoms with Crippen LogP contribution in [0.3, 0.4) is 0 Å². The lowest BCUT2D eigenvalue weighted by Gasteiger charge is -2.13. The lowest BCUT2D eigenvalue weighted by molar-refractivity contribution is 0.102. The minimum absolute atomic E-state index is 0.00450. The van der Waals surface area contributed by atoms with Crippen LogP contribution < -0.4 is 10.2 Å². The number of para-hydroxylation sites is 1. The fraction of sp³-hybridized carbons (Fsp3) is 0.125. The summed E-state index contributed by atoms with van der Waals surface area (Å²) in [7, 11) is 3.63. The molecule has 0 atom stereocenters. The Morgan fingerprint density at radius 1 is 1.23 bits per heavy atom. The standard InChI is InChI=1S/C16H14FN3OS/c1-20(2)10-7-8-11(12(17)9-10)15(21)19-16-18-13-5-3-4-6-14(13)22-16/h3-9H,1-2H3,(H,18,19,21). The summed E-state index contributed by atoms with van der Waals surface area (Å²) in [6, 6.07) is 12.1. The van der Waals surface area contributed by atoms with Crippen LogP contribution in [0.25, 0.3) is 10.2 Å². The average molecular weight is 315 g/mol. The normalized spacial score (nSPS) is 10.7. The predicted octanol–water partition coefficient (Wildman–Crippen LogP) is 3.75. The molecule has 0 radical (unpaired) electrons. The predicted molar refractivity (Wildman–Crippen MR) is 88.3 cm³/mol. The molecule has 0 aliphatic rings. The molecule has 22 heavy (non-hydrogen) atoms. The van der Waals surface area contributed by atoms with Gasteiger partial charge in [0.1, 0.15) is 5.82 Å². The number of hydrogen-bond acceptors (Lipinski definition) is 4. The Morgan fingerprint density at radius 2 is 2.00 bits per heavy atom. The van der Waals surface area contributed by atoms with Gasteiger partial charge in [-0.3, -0.25) is 10.1 Å². The van der Waals surface area contributed by atoms with Gasteiger partial charge in [0.15, 0.2) is 5.13 Å². The van der Waals surface area contributed by atoms with E-state index in [2.05, 4.69) is 10.3 Å². The van der Waals surface area contributed by atoms with Crippen LogP contribution in [0.15, 0.2) is 42.5 Å². The third kappa shape index (κ3) is 2.78. The van der Waals surface area contributed by atoms with Crippen molar-refractivity contribution in [1.82, 2.24) is 4.98 Å². The third-order valence-corrected chi connectivity index (χ3v) is 4.18. The van der Waals surface area contributed by atoms with Crippen LogP contribution in [0.1, 0.15) is 10.4 Å². The topological polar surface area (TPSA) is 45.2 Å². The van der Waals surface area contributed by atoms with Gasteiger partial charge >= 0.3 is 0 Å². The number of carbonyl (C=O) groups is 1. The number of aromatic nitrogens is 1. The minimum Gasteiger partial charge on any atom is -0.378 e. The summed E-state index contributed by atoms with van der Waals surface area (Å²) in [4.78, 5) is 18.3. The van der Waals surface area contributed by atoms with E-state index >= 15 is 0 Å². The Morgan fingerprint density at radius 3 is 2.68 bits per heavy atom. The van der Waals surface area contributed by atoms with E-state index in [1.54, 1.807) is 11.0 Å². The number of thiazole rings is 1. The summed E-state index contributed by atoms with van der Waals surface area (Å²) in [6.07, 6.45) is 0. The monoisotopic (exact) mass is 315 g/mol. The number of benzene rings is 2. The van der Waals surface area contributed by atoms with Gasteiger partial charge in [0.05, 0.1) is 15.8 Å². The average Bonchev–Trinajstić information content (AvgIpc) is 2.88. The highest BCUT2D eigenvalue weighted by Gasteiger charge is 2.15. The quantitative estimate of drug-likeness (QED) is 0.800. The van der Waals surface area contributed by atoms with Gasteiger partial charge in [0, 0.05) is 19.8 Å². The van der Waals surface area contributed by atoms with Crippen molar-refractivity contribution < 1.29 is 9.18 Å². The van der Waals surface area contributed by atoms with Crippen LogP contribution in [-0.4, -0.2) is 25.0 Å². The van der Waals surface area contributed by atoms with Gasteiger partial charge in [-0.2, -0.15) is 0 Å². The fourth-order valence-electron chi connectivity index (χ4n) is 2.06. The number of nitrogens with one attached hydrogen (secondary N) is 1. The number of rotatable bonds is 3. The van der Waals surface area contributed by atoms with Crippen molar-refractivity contribution in [3.63, 3.8) is 0 Å². The maximum atomic E-state index is 14.1. The zero-order chi connectivity index (χ0) is 15.7. The summed E-state index contributed by atoms with van der Waals surface area (Å²) >= 11 is 1.36. The molecule has 0 saturated heterocycles. The number of nitrogens with zero attached hydrogens (tertiary/aromatic N) is 2. The molecule has 4 nitrogen and oxygen atoms in total. The van der Waals surface area contributed by atoms with Crippen LogP contribution >= 0.6 is 11.3 Å². The largest absolute Gasteiger partial charge is 0.378 e. The molecule has 0 saturated carbocycles. The van der Waals surface area contributed by atoms with Gasteiger partial charge in [0.2, 0.25) is 0 Å². The maximum absolute atomic E-state index is 14.1. The second-order valence-electron chi connectivity index (χ2n) is 5.00. The molecule has 3 aromatic rings. The van der Waals surface area contributed by atoms with Crippen molar-refractivity contribution in [3.8, 4) is 0 Å². The van der Waals surface area contributed by atoms with E-state index in [4.69, 9.17) is 0 Å². The molecule has 1 N–H and O–H groups in total. The molecular formula is C16H14FN3OS. The molecule has 0 spiro atoms. The smallest absolute Gasteiger partial charge is 0.260 e. The molecule has 1 amide bonds. The molecule has 0 fully saturated rings. The first-order valence-corrected chi connectivity index (χ1v) is 7.50. The highest BCUT2D eigenvalue weighted by Crippen LogP contribution is 2.26. The van der Waals surface area contributed by atoms with E-state index in [0.29, 0.717) is 10.8 Å². The Bertz CT molecular complexity index is 811. The molecule has 0 unspecified atom stereocenters. The molecule has 112 valence electrons. The first-order valence-electron chi connectivity index (χ1n) is 6.68. The Labute approximate surface area is 131 Å². The fourth-order valence-corrected chi connectivity index (χ4v) is 2.92. The molecule has 0 aliphatic heterocycles. The molecule has 0 bridgehead atoms. The highest BCUT2D eigenvalue weighted by molar-refractivity contribution is 7.22. The van der Waals surface area contributed by atoms with Crippen molar-refractivity contribution in [1.29, 1.82) is 0 Å². The summed E-state index contributed by atoms with van der Waals surface area (Å²) < 4.78 is 15.0. The molecule has 1 aromatic heterocycles. The summed E-state index contributed by atoms with van der Waals surface area (Å²) in [5, 5.41) is 3.11. The number of hydrogen-bond donors (Lipinski definition) is 1. The van der Waals surface area contributed by atoms with Gasteiger partial charge in [0.25, 0.3) is 5.91 Å². The van der Waals surface area contributed by atoms with Gasteiger partial charge in [-0.1, -0.05) is 23.5 Å². The maximum Gasteiger partial charge on any atom is 0.260 e. The Kier molecular flexibility index (Phi) is 3.77. The van der Waals surface area contributed by atoms with Gasteiger partial charge < -0.3 is 4.90 Å². The molecule has 2 aromatic carbocycles. The zero-order valence-electron chi connectivity index (χ0n) is 12.1. The van der Waals surface area contributed by atoms with E-state index in [1.165, 1.54) is 23.5 Å². The van der Waals surface area contributed by atoms with E-state index in [9.17, 15) is 9.18 Å². The number of fused-ring (bicyclic) bond motifs is 1. The van der Waals surface area contributed by atoms with Crippen molar-refractivity contribution in [2.24, 2.45) is 0 Å². The number of anilines is 2. The first kappa shape index (κ1) is 14.5. The summed E-state index contributed by atoms with van der Waals surface area (Å²) in [6.45, 7) is 0. The van der Waals surface area contributed by atoms with Crippen molar-refractivity contribution >= 4 is 38.3 Å². The highest BCUT2D eigenvalue weighted by atomic mass is 32.1. The van der Waals surface area contributed by atoms with Gasteiger partial charge in [-0.05, 0) is 30.3 Å². The van der Waals surface area contributed by atoms with Crippen LogP contribution in [0, 0.1) is 5.82 Å². The van der Waals surface area contributed by atoms with Crippen LogP contribution in [-0.2, 0) is 0 Å². The van der Waals surface area contributed by atoms with Crippen LogP contribution in [0.2, 0.25) is 0 Å². The molecule has 0 aliphatic carbocycles. The number of amides is 1.